The van der Waals surface area contributed by atoms with Crippen LogP contribution in [0, 0.1) is 29.9 Å². The third-order valence-corrected chi connectivity index (χ3v) is 9.58. The molecular weight excluding hydrogens is 604 g/mol. The number of carbonyl (C=O) groups is 1. The van der Waals surface area contributed by atoms with E-state index in [0.717, 1.165) is 45.2 Å². The number of rotatable bonds is 7. The fourth-order valence-corrected chi connectivity index (χ4v) is 7.17. The lowest BCUT2D eigenvalue weighted by atomic mass is 9.95. The first-order chi connectivity index (χ1) is 22.8. The Kier molecular flexibility index (Phi) is 8.41. The first kappa shape index (κ1) is 31.2. The van der Waals surface area contributed by atoms with Crippen LogP contribution in [0.25, 0.3) is 32.9 Å². The molecule has 3 fully saturated rings. The smallest absolute Gasteiger partial charge is 0.319 e. The van der Waals surface area contributed by atoms with Crippen LogP contribution in [0.4, 0.5) is 14.6 Å². The van der Waals surface area contributed by atoms with E-state index in [4.69, 9.17) is 25.6 Å². The van der Waals surface area contributed by atoms with Crippen molar-refractivity contribution in [3.63, 3.8) is 0 Å². The molecule has 11 heteroatoms. The summed E-state index contributed by atoms with van der Waals surface area (Å²) in [6.07, 6.45) is 12.4. The Morgan fingerprint density at radius 3 is 2.66 bits per heavy atom. The van der Waals surface area contributed by atoms with E-state index < -0.39 is 23.5 Å². The first-order valence-corrected chi connectivity index (χ1v) is 16.3. The minimum atomic E-state index is -0.746. The molecule has 4 aromatic rings. The number of hydrogen-bond acceptors (Lipinski definition) is 9. The lowest BCUT2D eigenvalue weighted by Gasteiger charge is -2.31. The number of carbonyl (C=O) groups excluding carboxylic acids is 1. The third kappa shape index (κ3) is 5.74. The second-order valence-electron chi connectivity index (χ2n) is 12.9. The van der Waals surface area contributed by atoms with Gasteiger partial charge >= 0.3 is 12.0 Å². The van der Waals surface area contributed by atoms with Crippen LogP contribution in [0.3, 0.4) is 0 Å². The van der Waals surface area contributed by atoms with Crippen LogP contribution in [0.2, 0.25) is 0 Å². The van der Waals surface area contributed by atoms with Crippen molar-refractivity contribution in [2.75, 3.05) is 50.9 Å². The molecule has 0 atom stereocenters. The summed E-state index contributed by atoms with van der Waals surface area (Å²) < 4.78 is 49.7. The predicted molar refractivity (Wildman–Crippen MR) is 175 cm³/mol. The van der Waals surface area contributed by atoms with E-state index in [-0.39, 0.29) is 45.0 Å². The molecule has 2 aromatic carbocycles. The minimum absolute atomic E-state index is 0.0174. The van der Waals surface area contributed by atoms with Gasteiger partial charge in [0.15, 0.2) is 5.82 Å². The van der Waals surface area contributed by atoms with Crippen molar-refractivity contribution in [1.82, 2.24) is 19.9 Å². The normalized spacial score (nSPS) is 18.0. The number of nitrogens with zero attached hydrogens (tertiary/aromatic N) is 5. The first-order valence-electron chi connectivity index (χ1n) is 16.3. The highest BCUT2D eigenvalue weighted by Gasteiger charge is 2.45. The molecule has 0 saturated carbocycles. The zero-order valence-electron chi connectivity index (χ0n) is 26.7. The van der Waals surface area contributed by atoms with Crippen LogP contribution < -0.4 is 14.4 Å². The summed E-state index contributed by atoms with van der Waals surface area (Å²) in [4.78, 5) is 31.1. The molecule has 0 radical (unpaired) electrons. The molecular formula is C36H37F2N5O4. The second-order valence-corrected chi connectivity index (χ2v) is 12.9. The lowest BCUT2D eigenvalue weighted by molar-refractivity contribution is -0.137. The zero-order valence-corrected chi connectivity index (χ0v) is 26.7. The van der Waals surface area contributed by atoms with Crippen molar-refractivity contribution in [2.24, 2.45) is 5.92 Å². The van der Waals surface area contributed by atoms with Crippen molar-refractivity contribution < 1.29 is 27.8 Å². The molecule has 244 valence electrons. The number of fused-ring (bicyclic) bond motifs is 3. The molecule has 2 aromatic heterocycles. The molecule has 7 rings (SSSR count). The highest BCUT2D eigenvalue weighted by Crippen LogP contribution is 2.41. The Morgan fingerprint density at radius 1 is 1.09 bits per heavy atom. The van der Waals surface area contributed by atoms with Crippen LogP contribution in [-0.4, -0.2) is 77.4 Å². The standard InChI is InChI=1S/C36H37F2N5O4/c1-4-25-28(37)9-8-23-18-24(47-34(44)22(2)3)19-26(29(23)25)31-30(38)32-27(20-39-31)33(42-12-7-16-45-17-15-42)41-35(40-32)46-21-36-10-5-13-43(36)14-6-11-36/h1,8-9,18-20,22H,5-7,10-17,21H2,2-3H3. The quantitative estimate of drug-likeness (QED) is 0.139. The monoisotopic (exact) mass is 641 g/mol. The highest BCUT2D eigenvalue weighted by molar-refractivity contribution is 6.03. The van der Waals surface area contributed by atoms with Crippen LogP contribution in [0.1, 0.15) is 51.5 Å². The Morgan fingerprint density at radius 2 is 1.89 bits per heavy atom. The van der Waals surface area contributed by atoms with Gasteiger partial charge in [0.05, 0.1) is 29.0 Å². The maximum atomic E-state index is 17.0. The van der Waals surface area contributed by atoms with E-state index in [0.29, 0.717) is 49.5 Å². The summed E-state index contributed by atoms with van der Waals surface area (Å²) in [6, 6.07) is 5.90. The van der Waals surface area contributed by atoms with Gasteiger partial charge in [0.1, 0.15) is 35.2 Å². The number of pyridine rings is 1. The SMILES string of the molecule is C#Cc1c(F)ccc2cc(OC(=O)C(C)C)cc(-c3ncc4c(N5CCCOCC5)nc(OCC56CCCN5CCC6)nc4c3F)c12. The summed E-state index contributed by atoms with van der Waals surface area (Å²) in [5, 5.41) is 1.16. The Balaban J connectivity index is 1.39. The van der Waals surface area contributed by atoms with Crippen molar-refractivity contribution in [2.45, 2.75) is 51.5 Å². The van der Waals surface area contributed by atoms with Gasteiger partial charge in [0.25, 0.3) is 0 Å². The second kappa shape index (κ2) is 12.7. The van der Waals surface area contributed by atoms with E-state index in [2.05, 4.69) is 20.8 Å². The van der Waals surface area contributed by atoms with Gasteiger partial charge in [0, 0.05) is 36.8 Å². The number of halogens is 2. The maximum Gasteiger partial charge on any atom is 0.319 e. The zero-order chi connectivity index (χ0) is 32.7. The van der Waals surface area contributed by atoms with Gasteiger partial charge in [-0.15, -0.1) is 6.42 Å². The number of ether oxygens (including phenoxy) is 3. The third-order valence-electron chi connectivity index (χ3n) is 9.58. The van der Waals surface area contributed by atoms with Gasteiger partial charge in [0.2, 0.25) is 0 Å². The van der Waals surface area contributed by atoms with Crippen LogP contribution in [0.5, 0.6) is 11.8 Å². The van der Waals surface area contributed by atoms with E-state index in [1.165, 1.54) is 24.4 Å². The van der Waals surface area contributed by atoms with Gasteiger partial charge in [-0.2, -0.15) is 9.97 Å². The number of aromatic nitrogens is 3. The molecule has 0 aliphatic carbocycles. The van der Waals surface area contributed by atoms with Crippen LogP contribution >= 0.6 is 0 Å². The Bertz CT molecular complexity index is 1890. The summed E-state index contributed by atoms with van der Waals surface area (Å²) in [5.41, 5.74) is -0.0196. The van der Waals surface area contributed by atoms with Gasteiger partial charge in [-0.05, 0) is 68.8 Å². The topological polar surface area (TPSA) is 89.9 Å². The molecule has 0 N–H and O–H groups in total. The molecule has 3 saturated heterocycles. The molecule has 0 amide bonds. The van der Waals surface area contributed by atoms with Gasteiger partial charge in [-0.1, -0.05) is 25.8 Å². The van der Waals surface area contributed by atoms with E-state index in [9.17, 15) is 4.79 Å². The molecule has 0 spiro atoms. The Labute approximate surface area is 272 Å². The molecule has 3 aliphatic heterocycles. The summed E-state index contributed by atoms with van der Waals surface area (Å²) >= 11 is 0. The molecule has 9 nitrogen and oxygen atoms in total. The van der Waals surface area contributed by atoms with Crippen molar-refractivity contribution in [3.05, 3.63) is 47.7 Å². The van der Waals surface area contributed by atoms with Crippen LogP contribution in [0.15, 0.2) is 30.5 Å². The van der Waals surface area contributed by atoms with Crippen molar-refractivity contribution >= 4 is 33.5 Å². The van der Waals surface area contributed by atoms with Gasteiger partial charge < -0.3 is 19.1 Å². The van der Waals surface area contributed by atoms with Gasteiger partial charge in [-0.25, -0.2) is 8.78 Å². The molecule has 3 aliphatic rings. The van der Waals surface area contributed by atoms with Crippen molar-refractivity contribution in [1.29, 1.82) is 0 Å². The van der Waals surface area contributed by atoms with E-state index in [1.54, 1.807) is 19.9 Å². The number of terminal acetylenes is 1. The average Bonchev–Trinajstić information content (AvgIpc) is 3.53. The number of anilines is 1. The number of benzene rings is 2. The highest BCUT2D eigenvalue weighted by atomic mass is 19.1. The van der Waals surface area contributed by atoms with Gasteiger partial charge in [-0.3, -0.25) is 14.7 Å². The number of hydrogen-bond donors (Lipinski definition) is 0. The lowest BCUT2D eigenvalue weighted by Crippen LogP contribution is -2.43. The summed E-state index contributed by atoms with van der Waals surface area (Å²) in [5.74, 6) is 0.835. The van der Waals surface area contributed by atoms with E-state index >= 15 is 8.78 Å². The number of esters is 1. The predicted octanol–water partition coefficient (Wildman–Crippen LogP) is 5.90. The fourth-order valence-electron chi connectivity index (χ4n) is 7.17. The molecule has 47 heavy (non-hydrogen) atoms. The largest absolute Gasteiger partial charge is 0.461 e. The fraction of sp³-hybridized carbons (Fsp3) is 0.444. The summed E-state index contributed by atoms with van der Waals surface area (Å²) in [6.45, 7) is 8.28. The summed E-state index contributed by atoms with van der Waals surface area (Å²) in [7, 11) is 0. The Hall–Kier alpha value is -4.40. The molecule has 5 heterocycles. The van der Waals surface area contributed by atoms with E-state index in [1.807, 2.05) is 4.90 Å². The average molecular weight is 642 g/mol. The van der Waals surface area contributed by atoms with Crippen molar-refractivity contribution in [3.8, 4) is 35.4 Å². The maximum absolute atomic E-state index is 17.0. The minimum Gasteiger partial charge on any atom is -0.461 e. The molecule has 0 unspecified atom stereocenters. The van der Waals surface area contributed by atoms with Crippen LogP contribution in [-0.2, 0) is 9.53 Å². The molecule has 0 bridgehead atoms.